The normalized spacial score (nSPS) is 11.8. The Balaban J connectivity index is 2.34. The van der Waals surface area contributed by atoms with E-state index >= 15 is 0 Å². The number of halogens is 1. The van der Waals surface area contributed by atoms with Crippen molar-refractivity contribution in [3.8, 4) is 0 Å². The van der Waals surface area contributed by atoms with Crippen molar-refractivity contribution in [1.82, 2.24) is 0 Å². The molecule has 0 aliphatic rings. The monoisotopic (exact) mass is 400 g/mol. The third-order valence-corrected chi connectivity index (χ3v) is 7.34. The summed E-state index contributed by atoms with van der Waals surface area (Å²) in [5, 5.41) is 0.806. The van der Waals surface area contributed by atoms with Crippen molar-refractivity contribution in [3.63, 3.8) is 0 Å². The van der Waals surface area contributed by atoms with E-state index in [0.29, 0.717) is 9.79 Å². The fraction of sp³-hybridized carbons (Fsp3) is 0. The summed E-state index contributed by atoms with van der Waals surface area (Å²) in [6.07, 6.45) is 0. The first-order chi connectivity index (χ1) is 9.10. The number of sulfone groups is 1. The van der Waals surface area contributed by atoms with E-state index in [-0.39, 0.29) is 0 Å². The average molecular weight is 400 g/mol. The van der Waals surface area contributed by atoms with Crippen molar-refractivity contribution >= 4 is 53.9 Å². The summed E-state index contributed by atoms with van der Waals surface area (Å²) in [7, 11) is -3.45. The molecule has 0 spiro atoms. The van der Waals surface area contributed by atoms with Crippen LogP contribution in [0.3, 0.4) is 0 Å². The topological polar surface area (TPSA) is 34.1 Å². The molecular weight excluding hydrogens is 391 g/mol. The zero-order valence-electron chi connectivity index (χ0n) is 9.71. The van der Waals surface area contributed by atoms with Gasteiger partial charge >= 0.3 is 0 Å². The standard InChI is InChI=1S/C14H9IO2S2/c15-14-13(11-8-4-5-9-12(11)18-14)19(16,17)10-6-2-1-3-7-10/h1-9H. The molecule has 3 aromatic rings. The summed E-state index contributed by atoms with van der Waals surface area (Å²) in [5.74, 6) is 0. The van der Waals surface area contributed by atoms with E-state index in [2.05, 4.69) is 22.6 Å². The quantitative estimate of drug-likeness (QED) is 0.600. The van der Waals surface area contributed by atoms with Gasteiger partial charge in [0.2, 0.25) is 9.84 Å². The largest absolute Gasteiger partial charge is 0.218 e. The van der Waals surface area contributed by atoms with Crippen LogP contribution in [-0.4, -0.2) is 8.42 Å². The molecule has 0 fully saturated rings. The summed E-state index contributed by atoms with van der Waals surface area (Å²) < 4.78 is 27.3. The maximum atomic E-state index is 12.7. The van der Waals surface area contributed by atoms with Crippen LogP contribution in [0.15, 0.2) is 64.4 Å². The summed E-state index contributed by atoms with van der Waals surface area (Å²) in [5.41, 5.74) is 0. The van der Waals surface area contributed by atoms with E-state index in [0.717, 1.165) is 13.0 Å². The first-order valence-electron chi connectivity index (χ1n) is 5.58. The SMILES string of the molecule is O=S(=O)(c1ccccc1)c1c(I)sc2ccccc12. The van der Waals surface area contributed by atoms with Gasteiger partial charge < -0.3 is 0 Å². The lowest BCUT2D eigenvalue weighted by Gasteiger charge is -2.04. The van der Waals surface area contributed by atoms with Crippen LogP contribution >= 0.6 is 33.9 Å². The molecule has 0 saturated heterocycles. The first-order valence-corrected chi connectivity index (χ1v) is 8.96. The van der Waals surface area contributed by atoms with Crippen LogP contribution in [0.5, 0.6) is 0 Å². The molecule has 96 valence electrons. The van der Waals surface area contributed by atoms with E-state index in [9.17, 15) is 8.42 Å². The van der Waals surface area contributed by atoms with Crippen LogP contribution in [0.25, 0.3) is 10.1 Å². The summed E-state index contributed by atoms with van der Waals surface area (Å²) in [6, 6.07) is 16.2. The zero-order valence-corrected chi connectivity index (χ0v) is 13.5. The lowest BCUT2D eigenvalue weighted by Crippen LogP contribution is -2.02. The summed E-state index contributed by atoms with van der Waals surface area (Å²) in [6.45, 7) is 0. The van der Waals surface area contributed by atoms with Crippen LogP contribution < -0.4 is 0 Å². The van der Waals surface area contributed by atoms with Gasteiger partial charge in [0.25, 0.3) is 0 Å². The Morgan fingerprint density at radius 3 is 2.26 bits per heavy atom. The van der Waals surface area contributed by atoms with Gasteiger partial charge in [-0.05, 0) is 40.8 Å². The smallest absolute Gasteiger partial charge is 0.209 e. The summed E-state index contributed by atoms with van der Waals surface area (Å²) >= 11 is 3.61. The van der Waals surface area contributed by atoms with E-state index in [1.165, 1.54) is 11.3 Å². The number of fused-ring (bicyclic) bond motifs is 1. The number of rotatable bonds is 2. The minimum absolute atomic E-state index is 0.344. The van der Waals surface area contributed by atoms with Crippen LogP contribution in [0.1, 0.15) is 0 Å². The minimum atomic E-state index is -3.45. The maximum Gasteiger partial charge on any atom is 0.209 e. The van der Waals surface area contributed by atoms with E-state index in [4.69, 9.17) is 0 Å². The van der Waals surface area contributed by atoms with Crippen molar-refractivity contribution in [1.29, 1.82) is 0 Å². The minimum Gasteiger partial charge on any atom is -0.218 e. The molecule has 0 aliphatic heterocycles. The molecule has 0 amide bonds. The Bertz CT molecular complexity index is 836. The van der Waals surface area contributed by atoms with Crippen LogP contribution in [0, 0.1) is 2.88 Å². The third-order valence-electron chi connectivity index (χ3n) is 2.83. The molecule has 1 heterocycles. The Morgan fingerprint density at radius 1 is 0.895 bits per heavy atom. The van der Waals surface area contributed by atoms with Crippen LogP contribution in [0.4, 0.5) is 0 Å². The Kier molecular flexibility index (Phi) is 3.36. The average Bonchev–Trinajstić information content (AvgIpc) is 2.76. The van der Waals surface area contributed by atoms with Crippen molar-refractivity contribution in [2.24, 2.45) is 0 Å². The molecule has 2 aromatic carbocycles. The second-order valence-corrected chi connectivity index (χ2v) is 8.77. The molecule has 0 bridgehead atoms. The first kappa shape index (κ1) is 13.1. The van der Waals surface area contributed by atoms with Gasteiger partial charge in [0.15, 0.2) is 0 Å². The molecule has 0 radical (unpaired) electrons. The lowest BCUT2D eigenvalue weighted by atomic mass is 10.3. The molecule has 3 rings (SSSR count). The highest BCUT2D eigenvalue weighted by Crippen LogP contribution is 2.38. The van der Waals surface area contributed by atoms with E-state index < -0.39 is 9.84 Å². The van der Waals surface area contributed by atoms with Crippen LogP contribution in [0.2, 0.25) is 0 Å². The van der Waals surface area contributed by atoms with Gasteiger partial charge in [-0.2, -0.15) is 0 Å². The maximum absolute atomic E-state index is 12.7. The van der Waals surface area contributed by atoms with Crippen molar-refractivity contribution < 1.29 is 8.42 Å². The zero-order chi connectivity index (χ0) is 13.5. The number of hydrogen-bond donors (Lipinski definition) is 0. The summed E-state index contributed by atoms with van der Waals surface area (Å²) in [4.78, 5) is 0.774. The number of thiophene rings is 1. The van der Waals surface area contributed by atoms with Gasteiger partial charge in [0.1, 0.15) is 4.90 Å². The fourth-order valence-electron chi connectivity index (χ4n) is 1.96. The molecule has 0 saturated carbocycles. The molecule has 5 heteroatoms. The molecule has 1 aromatic heterocycles. The molecule has 0 unspecified atom stereocenters. The van der Waals surface area contributed by atoms with Gasteiger partial charge in [-0.25, -0.2) is 8.42 Å². The molecule has 2 nitrogen and oxygen atoms in total. The van der Waals surface area contributed by atoms with Gasteiger partial charge in [0, 0.05) is 10.1 Å². The van der Waals surface area contributed by atoms with Crippen molar-refractivity contribution in [2.45, 2.75) is 9.79 Å². The van der Waals surface area contributed by atoms with Crippen molar-refractivity contribution in [3.05, 3.63) is 57.5 Å². The number of benzene rings is 2. The highest BCUT2D eigenvalue weighted by Gasteiger charge is 2.25. The molecule has 19 heavy (non-hydrogen) atoms. The molecule has 0 aliphatic carbocycles. The Hall–Kier alpha value is -0.920. The fourth-order valence-corrected chi connectivity index (χ4v) is 6.60. The van der Waals surface area contributed by atoms with Crippen LogP contribution in [-0.2, 0) is 9.84 Å². The second kappa shape index (κ2) is 4.88. The van der Waals surface area contributed by atoms with Gasteiger partial charge in [-0.15, -0.1) is 11.3 Å². The predicted molar refractivity (Wildman–Crippen MR) is 86.4 cm³/mol. The molecular formula is C14H9IO2S2. The molecule has 0 N–H and O–H groups in total. The van der Waals surface area contributed by atoms with Gasteiger partial charge in [-0.1, -0.05) is 36.4 Å². The highest BCUT2D eigenvalue weighted by molar-refractivity contribution is 14.1. The molecule has 0 atom stereocenters. The number of hydrogen-bond acceptors (Lipinski definition) is 3. The van der Waals surface area contributed by atoms with Gasteiger partial charge in [-0.3, -0.25) is 0 Å². The van der Waals surface area contributed by atoms with E-state index in [1.54, 1.807) is 24.3 Å². The van der Waals surface area contributed by atoms with Gasteiger partial charge in [0.05, 0.1) is 7.78 Å². The predicted octanol–water partition coefficient (Wildman–Crippen LogP) is 4.34. The highest BCUT2D eigenvalue weighted by atomic mass is 127. The van der Waals surface area contributed by atoms with E-state index in [1.807, 2.05) is 30.3 Å². The third kappa shape index (κ3) is 2.19. The Labute approximate surface area is 129 Å². The Morgan fingerprint density at radius 2 is 1.53 bits per heavy atom. The second-order valence-electron chi connectivity index (χ2n) is 4.02. The van der Waals surface area contributed by atoms with Crippen molar-refractivity contribution in [2.75, 3.05) is 0 Å². The lowest BCUT2D eigenvalue weighted by molar-refractivity contribution is 0.597.